The molecule has 68 valence electrons. The zero-order valence-electron chi connectivity index (χ0n) is 7.19. The molecule has 0 aromatic carbocycles. The number of Topliss-reactive ketones (excluding diaryl/α,β-unsaturated/α-hetero) is 1. The minimum Gasteiger partial charge on any atom is -0.321 e. The van der Waals surface area contributed by atoms with Crippen LogP contribution in [-0.2, 0) is 13.9 Å². The molecule has 0 atom stereocenters. The van der Waals surface area contributed by atoms with Crippen molar-refractivity contribution in [2.45, 2.75) is 24.6 Å². The molecule has 0 N–H and O–H groups in total. The van der Waals surface area contributed by atoms with Crippen molar-refractivity contribution >= 4 is 20.1 Å². The Morgan fingerprint density at radius 2 is 1.42 bits per heavy atom. The molecule has 3 nitrogen and oxygen atoms in total. The number of hydrogen-bond acceptors (Lipinski definition) is 3. The molecule has 3 aliphatic rings. The molecule has 5 heteroatoms. The van der Waals surface area contributed by atoms with E-state index in [1.54, 1.807) is 0 Å². The molecule has 3 aliphatic heterocycles. The van der Waals surface area contributed by atoms with E-state index >= 15 is 0 Å². The summed E-state index contributed by atoms with van der Waals surface area (Å²) in [6, 6.07) is 0. The molecule has 2 bridgehead atoms. The lowest BCUT2D eigenvalue weighted by atomic mass is 10.4. The summed E-state index contributed by atoms with van der Waals surface area (Å²) in [6.07, 6.45) is 1.11. The van der Waals surface area contributed by atoms with Gasteiger partial charge in [-0.15, -0.1) is 0 Å². The number of ketones is 1. The molecular formula is C7H12O3P2. The maximum absolute atomic E-state index is 11.8. The van der Waals surface area contributed by atoms with Gasteiger partial charge in [-0.2, -0.15) is 0 Å². The van der Waals surface area contributed by atoms with Gasteiger partial charge in [0, 0.05) is 12.3 Å². The molecular weight excluding hydrogens is 194 g/mol. The van der Waals surface area contributed by atoms with E-state index in [0.717, 1.165) is 0 Å². The van der Waals surface area contributed by atoms with Crippen LogP contribution < -0.4 is 0 Å². The Morgan fingerprint density at radius 1 is 1.08 bits per heavy atom. The first kappa shape index (κ1) is 8.72. The van der Waals surface area contributed by atoms with E-state index in [4.69, 9.17) is 0 Å². The molecule has 3 saturated heterocycles. The van der Waals surface area contributed by atoms with Crippen LogP contribution in [0.1, 0.15) is 13.8 Å². The topological polar surface area (TPSA) is 51.2 Å². The third-order valence-corrected chi connectivity index (χ3v) is 14.2. The van der Waals surface area contributed by atoms with Crippen LogP contribution in [0.3, 0.4) is 0 Å². The van der Waals surface area contributed by atoms with Crippen molar-refractivity contribution < 1.29 is 13.9 Å². The Hall–Kier alpha value is 0.130. The van der Waals surface area contributed by atoms with Crippen LogP contribution in [0.15, 0.2) is 0 Å². The third-order valence-electron chi connectivity index (χ3n) is 3.15. The van der Waals surface area contributed by atoms with Gasteiger partial charge in [-0.25, -0.2) is 0 Å². The van der Waals surface area contributed by atoms with E-state index in [1.165, 1.54) is 0 Å². The van der Waals surface area contributed by atoms with Crippen molar-refractivity contribution in [3.8, 4) is 0 Å². The van der Waals surface area contributed by atoms with E-state index in [2.05, 4.69) is 0 Å². The van der Waals surface area contributed by atoms with Gasteiger partial charge in [0.1, 0.15) is 25.1 Å². The normalized spacial score (nSPS) is 56.0. The second kappa shape index (κ2) is 2.13. The van der Waals surface area contributed by atoms with Gasteiger partial charge < -0.3 is 9.13 Å². The standard InChI is InChI=1S/C7H12O3P2/c1-3-11(9)6-5(8)7(11)12(6,10)4-2/h6-7H,3-4H2,1-2H3. The van der Waals surface area contributed by atoms with E-state index in [1.807, 2.05) is 13.8 Å². The zero-order valence-corrected chi connectivity index (χ0v) is 8.98. The first-order valence-corrected chi connectivity index (χ1v) is 8.29. The van der Waals surface area contributed by atoms with Crippen molar-refractivity contribution in [1.29, 1.82) is 0 Å². The molecule has 0 unspecified atom stereocenters. The Kier molecular flexibility index (Phi) is 1.55. The van der Waals surface area contributed by atoms with Crippen molar-refractivity contribution in [1.82, 2.24) is 0 Å². The highest BCUT2D eigenvalue weighted by atomic mass is 31.3. The second-order valence-electron chi connectivity index (χ2n) is 3.49. The van der Waals surface area contributed by atoms with Crippen molar-refractivity contribution in [3.05, 3.63) is 0 Å². The summed E-state index contributed by atoms with van der Waals surface area (Å²) in [5.41, 5.74) is 0. The Labute approximate surface area is 71.7 Å². The lowest BCUT2D eigenvalue weighted by molar-refractivity contribution is -0.118. The monoisotopic (exact) mass is 206 g/mol. The largest absolute Gasteiger partial charge is 0.321 e. The van der Waals surface area contributed by atoms with E-state index in [-0.39, 0.29) is 5.78 Å². The maximum Gasteiger partial charge on any atom is 0.168 e. The second-order valence-corrected chi connectivity index (χ2v) is 11.1. The van der Waals surface area contributed by atoms with Crippen LogP contribution in [0.25, 0.3) is 0 Å². The van der Waals surface area contributed by atoms with Crippen LogP contribution in [0.5, 0.6) is 0 Å². The highest BCUT2D eigenvalue weighted by Crippen LogP contribution is 2.97. The number of carbonyl (C=O) groups excluding carboxylic acids is 1. The molecule has 0 saturated carbocycles. The molecule has 0 amide bonds. The highest BCUT2D eigenvalue weighted by molar-refractivity contribution is 8.05. The SMILES string of the molecule is CCP1(=O)C2C(=O)C1P2(=O)CC. The van der Waals surface area contributed by atoms with Gasteiger partial charge in [0.05, 0.1) is 0 Å². The van der Waals surface area contributed by atoms with Crippen LogP contribution in [0.2, 0.25) is 0 Å². The molecule has 12 heavy (non-hydrogen) atoms. The maximum atomic E-state index is 11.8. The van der Waals surface area contributed by atoms with Crippen LogP contribution in [0, 0.1) is 0 Å². The van der Waals surface area contributed by atoms with Gasteiger partial charge in [-0.05, 0) is 0 Å². The van der Waals surface area contributed by atoms with Crippen LogP contribution >= 0.6 is 14.3 Å². The molecule has 0 radical (unpaired) electrons. The van der Waals surface area contributed by atoms with Gasteiger partial charge in [0.2, 0.25) is 0 Å². The molecule has 0 aromatic rings. The Bertz CT molecular complexity index is 299. The first-order chi connectivity index (χ1) is 5.52. The minimum atomic E-state index is -2.27. The average molecular weight is 206 g/mol. The van der Waals surface area contributed by atoms with Crippen molar-refractivity contribution in [2.24, 2.45) is 0 Å². The molecule has 3 heterocycles. The van der Waals surface area contributed by atoms with Gasteiger partial charge in [-0.1, -0.05) is 13.8 Å². The summed E-state index contributed by atoms with van der Waals surface area (Å²) in [4.78, 5) is 11.1. The lowest BCUT2D eigenvalue weighted by Crippen LogP contribution is -2.60. The van der Waals surface area contributed by atoms with E-state index in [0.29, 0.717) is 12.3 Å². The van der Waals surface area contributed by atoms with Crippen molar-refractivity contribution in [3.63, 3.8) is 0 Å². The summed E-state index contributed by atoms with van der Waals surface area (Å²) in [6.45, 7) is 3.65. The summed E-state index contributed by atoms with van der Waals surface area (Å²) >= 11 is 0. The predicted molar refractivity (Wildman–Crippen MR) is 48.9 cm³/mol. The van der Waals surface area contributed by atoms with Gasteiger partial charge in [-0.3, -0.25) is 4.79 Å². The fraction of sp³-hybridized carbons (Fsp3) is 0.857. The van der Waals surface area contributed by atoms with E-state index in [9.17, 15) is 13.9 Å². The Balaban J connectivity index is 2.35. The summed E-state index contributed by atoms with van der Waals surface area (Å²) in [5, 5.41) is -0.991. The number of hydrogen-bond donors (Lipinski definition) is 0. The molecule has 0 aliphatic carbocycles. The summed E-state index contributed by atoms with van der Waals surface area (Å²) in [7, 11) is -4.55. The smallest absolute Gasteiger partial charge is 0.168 e. The summed E-state index contributed by atoms with van der Waals surface area (Å²) < 4.78 is 23.6. The average Bonchev–Trinajstić information content (AvgIpc) is 2.02. The minimum absolute atomic E-state index is 0.0189. The highest BCUT2D eigenvalue weighted by Gasteiger charge is 2.82. The van der Waals surface area contributed by atoms with Gasteiger partial charge in [0.25, 0.3) is 0 Å². The quantitative estimate of drug-likeness (QED) is 0.649. The molecule has 0 aromatic heterocycles. The Morgan fingerprint density at radius 3 is 1.58 bits per heavy atom. The van der Waals surface area contributed by atoms with E-state index < -0.39 is 25.1 Å². The predicted octanol–water partition coefficient (Wildman–Crippen LogP) is 2.00. The van der Waals surface area contributed by atoms with Gasteiger partial charge >= 0.3 is 0 Å². The molecule has 3 rings (SSSR count). The fourth-order valence-corrected chi connectivity index (χ4v) is 14.2. The molecule has 0 spiro atoms. The van der Waals surface area contributed by atoms with Crippen LogP contribution in [0.4, 0.5) is 0 Å². The number of rotatable bonds is 2. The van der Waals surface area contributed by atoms with Crippen LogP contribution in [-0.4, -0.2) is 28.9 Å². The molecule has 3 fully saturated rings. The fourth-order valence-electron chi connectivity index (χ4n) is 2.38. The van der Waals surface area contributed by atoms with Gasteiger partial charge in [0.15, 0.2) is 5.78 Å². The first-order valence-electron chi connectivity index (χ1n) is 4.23. The van der Waals surface area contributed by atoms with Crippen molar-refractivity contribution in [2.75, 3.05) is 12.3 Å². The third kappa shape index (κ3) is 0.581. The summed E-state index contributed by atoms with van der Waals surface area (Å²) in [5.74, 6) is 0.0189. The lowest BCUT2D eigenvalue weighted by Gasteiger charge is -2.60. The zero-order chi connectivity index (χ0) is 9.15. The number of carbonyl (C=O) groups is 1.